The number of hydrogen-bond donors (Lipinski definition) is 1. The van der Waals surface area contributed by atoms with Gasteiger partial charge in [-0.2, -0.15) is 5.10 Å². The zero-order valence-corrected chi connectivity index (χ0v) is 10.3. The summed E-state index contributed by atoms with van der Waals surface area (Å²) in [5.41, 5.74) is 1.25. The number of aromatic nitrogens is 2. The molecule has 1 N–H and O–H groups in total. The summed E-state index contributed by atoms with van der Waals surface area (Å²) >= 11 is 0. The summed E-state index contributed by atoms with van der Waals surface area (Å²) in [4.78, 5) is 2.47. The van der Waals surface area contributed by atoms with Crippen molar-refractivity contribution in [1.82, 2.24) is 20.0 Å². The second-order valence-corrected chi connectivity index (χ2v) is 4.71. The number of nitrogens with one attached hydrogen (secondary N) is 1. The molecule has 90 valence electrons. The average molecular weight is 222 g/mol. The standard InChI is InChI=1S/C12H22N4/c1-15-8-4-3-5-11(15)9-13-10-12-6-7-14-16(12)2/h6-7,11,13H,3-5,8-10H2,1-2H3. The van der Waals surface area contributed by atoms with E-state index in [4.69, 9.17) is 0 Å². The summed E-state index contributed by atoms with van der Waals surface area (Å²) in [6, 6.07) is 2.78. The van der Waals surface area contributed by atoms with Gasteiger partial charge in [0.1, 0.15) is 0 Å². The summed E-state index contributed by atoms with van der Waals surface area (Å²) in [6.07, 6.45) is 5.91. The maximum absolute atomic E-state index is 4.16. The molecule has 0 radical (unpaired) electrons. The molecule has 16 heavy (non-hydrogen) atoms. The Bertz CT molecular complexity index is 321. The molecule has 1 aromatic heterocycles. The van der Waals surface area contributed by atoms with Crippen molar-refractivity contribution in [3.8, 4) is 0 Å². The minimum absolute atomic E-state index is 0.710. The highest BCUT2D eigenvalue weighted by atomic mass is 15.3. The molecule has 1 fully saturated rings. The average Bonchev–Trinajstić information content (AvgIpc) is 2.67. The molecule has 0 aliphatic carbocycles. The molecule has 0 aromatic carbocycles. The number of nitrogens with zero attached hydrogens (tertiary/aromatic N) is 3. The van der Waals surface area contributed by atoms with E-state index in [2.05, 4.69) is 28.4 Å². The lowest BCUT2D eigenvalue weighted by molar-refractivity contribution is 0.181. The van der Waals surface area contributed by atoms with Crippen LogP contribution in [0.3, 0.4) is 0 Å². The quantitative estimate of drug-likeness (QED) is 0.825. The van der Waals surface area contributed by atoms with E-state index in [1.165, 1.54) is 31.5 Å². The Hall–Kier alpha value is -0.870. The molecule has 4 nitrogen and oxygen atoms in total. The summed E-state index contributed by atoms with van der Waals surface area (Å²) in [5.74, 6) is 0. The van der Waals surface area contributed by atoms with Gasteiger partial charge in [0.2, 0.25) is 0 Å². The number of rotatable bonds is 4. The van der Waals surface area contributed by atoms with Crippen LogP contribution in [0.25, 0.3) is 0 Å². The van der Waals surface area contributed by atoms with Crippen LogP contribution in [0.5, 0.6) is 0 Å². The fourth-order valence-corrected chi connectivity index (χ4v) is 2.34. The first-order valence-electron chi connectivity index (χ1n) is 6.15. The van der Waals surface area contributed by atoms with Crippen LogP contribution in [0.4, 0.5) is 0 Å². The largest absolute Gasteiger partial charge is 0.310 e. The van der Waals surface area contributed by atoms with Gasteiger partial charge in [0.15, 0.2) is 0 Å². The number of hydrogen-bond acceptors (Lipinski definition) is 3. The van der Waals surface area contributed by atoms with Gasteiger partial charge in [0.25, 0.3) is 0 Å². The van der Waals surface area contributed by atoms with Crippen molar-refractivity contribution in [1.29, 1.82) is 0 Å². The van der Waals surface area contributed by atoms with Crippen LogP contribution in [-0.2, 0) is 13.6 Å². The van der Waals surface area contributed by atoms with Crippen LogP contribution in [0.1, 0.15) is 25.0 Å². The molecule has 0 saturated carbocycles. The highest BCUT2D eigenvalue weighted by Gasteiger charge is 2.17. The fraction of sp³-hybridized carbons (Fsp3) is 0.750. The smallest absolute Gasteiger partial charge is 0.0518 e. The van der Waals surface area contributed by atoms with Crippen molar-refractivity contribution in [2.75, 3.05) is 20.1 Å². The Kier molecular flexibility index (Phi) is 3.96. The molecule has 1 aliphatic heterocycles. The van der Waals surface area contributed by atoms with E-state index in [9.17, 15) is 0 Å². The van der Waals surface area contributed by atoms with Crippen molar-refractivity contribution < 1.29 is 0 Å². The lowest BCUT2D eigenvalue weighted by Crippen LogP contribution is -2.43. The molecule has 0 bridgehead atoms. The Balaban J connectivity index is 1.73. The first kappa shape index (κ1) is 11.6. The van der Waals surface area contributed by atoms with E-state index in [1.807, 2.05) is 17.9 Å². The molecule has 2 heterocycles. The summed E-state index contributed by atoms with van der Waals surface area (Å²) < 4.78 is 1.93. The first-order chi connectivity index (χ1) is 7.77. The van der Waals surface area contributed by atoms with Gasteiger partial charge in [-0.15, -0.1) is 0 Å². The van der Waals surface area contributed by atoms with E-state index in [1.54, 1.807) is 0 Å². The van der Waals surface area contributed by atoms with Gasteiger partial charge in [-0.3, -0.25) is 4.68 Å². The lowest BCUT2D eigenvalue weighted by Gasteiger charge is -2.32. The maximum Gasteiger partial charge on any atom is 0.0518 e. The highest BCUT2D eigenvalue weighted by Crippen LogP contribution is 2.14. The summed E-state index contributed by atoms with van der Waals surface area (Å²) in [7, 11) is 4.22. The van der Waals surface area contributed by atoms with E-state index < -0.39 is 0 Å². The maximum atomic E-state index is 4.16. The fourth-order valence-electron chi connectivity index (χ4n) is 2.34. The van der Waals surface area contributed by atoms with Crippen LogP contribution >= 0.6 is 0 Å². The molecule has 2 rings (SSSR count). The van der Waals surface area contributed by atoms with Crippen molar-refractivity contribution in [3.05, 3.63) is 18.0 Å². The van der Waals surface area contributed by atoms with Gasteiger partial charge in [-0.25, -0.2) is 0 Å². The molecular weight excluding hydrogens is 200 g/mol. The summed E-state index contributed by atoms with van der Waals surface area (Å²) in [6.45, 7) is 3.25. The van der Waals surface area contributed by atoms with Crippen molar-refractivity contribution in [3.63, 3.8) is 0 Å². The number of likely N-dealkylation sites (N-methyl/N-ethyl adjacent to an activating group) is 1. The van der Waals surface area contributed by atoms with Crippen LogP contribution in [0, 0.1) is 0 Å². The second-order valence-electron chi connectivity index (χ2n) is 4.71. The number of piperidine rings is 1. The Morgan fingerprint density at radius 3 is 3.00 bits per heavy atom. The van der Waals surface area contributed by atoms with Crippen molar-refractivity contribution in [2.24, 2.45) is 7.05 Å². The third-order valence-electron chi connectivity index (χ3n) is 3.53. The van der Waals surface area contributed by atoms with Gasteiger partial charge >= 0.3 is 0 Å². The van der Waals surface area contributed by atoms with E-state index in [0.717, 1.165) is 13.1 Å². The predicted octanol–water partition coefficient (Wildman–Crippen LogP) is 0.994. The van der Waals surface area contributed by atoms with Gasteiger partial charge in [-0.05, 0) is 32.5 Å². The monoisotopic (exact) mass is 222 g/mol. The molecule has 1 unspecified atom stereocenters. The minimum Gasteiger partial charge on any atom is -0.310 e. The Morgan fingerprint density at radius 1 is 1.44 bits per heavy atom. The van der Waals surface area contributed by atoms with E-state index in [-0.39, 0.29) is 0 Å². The molecule has 1 saturated heterocycles. The molecule has 1 aliphatic rings. The van der Waals surface area contributed by atoms with Crippen LogP contribution in [-0.4, -0.2) is 40.9 Å². The van der Waals surface area contributed by atoms with E-state index >= 15 is 0 Å². The Labute approximate surface area is 97.6 Å². The Morgan fingerprint density at radius 2 is 2.31 bits per heavy atom. The molecule has 0 amide bonds. The third-order valence-corrected chi connectivity index (χ3v) is 3.53. The summed E-state index contributed by atoms with van der Waals surface area (Å²) in [5, 5.41) is 7.69. The first-order valence-corrected chi connectivity index (χ1v) is 6.15. The van der Waals surface area contributed by atoms with Gasteiger partial charge in [0, 0.05) is 32.4 Å². The van der Waals surface area contributed by atoms with Gasteiger partial charge in [0.05, 0.1) is 5.69 Å². The zero-order valence-electron chi connectivity index (χ0n) is 10.3. The van der Waals surface area contributed by atoms with Crippen LogP contribution < -0.4 is 5.32 Å². The second kappa shape index (κ2) is 5.46. The SMILES string of the molecule is CN1CCCCC1CNCc1ccnn1C. The molecule has 0 spiro atoms. The molecule has 4 heteroatoms. The third kappa shape index (κ3) is 2.83. The predicted molar refractivity (Wildman–Crippen MR) is 65.2 cm³/mol. The normalized spacial score (nSPS) is 22.5. The lowest BCUT2D eigenvalue weighted by atomic mass is 10.0. The zero-order chi connectivity index (χ0) is 11.4. The topological polar surface area (TPSA) is 33.1 Å². The molecule has 1 aromatic rings. The molecule has 1 atom stereocenters. The van der Waals surface area contributed by atoms with Gasteiger partial charge in [-0.1, -0.05) is 6.42 Å². The number of aryl methyl sites for hydroxylation is 1. The highest BCUT2D eigenvalue weighted by molar-refractivity contribution is 4.99. The minimum atomic E-state index is 0.710. The van der Waals surface area contributed by atoms with Gasteiger partial charge < -0.3 is 10.2 Å². The van der Waals surface area contributed by atoms with Crippen molar-refractivity contribution in [2.45, 2.75) is 31.8 Å². The molecular formula is C12H22N4. The van der Waals surface area contributed by atoms with Crippen molar-refractivity contribution >= 4 is 0 Å². The number of likely N-dealkylation sites (tertiary alicyclic amines) is 1. The van der Waals surface area contributed by atoms with E-state index in [0.29, 0.717) is 6.04 Å². The van der Waals surface area contributed by atoms with Crippen LogP contribution in [0.15, 0.2) is 12.3 Å². The van der Waals surface area contributed by atoms with Crippen LogP contribution in [0.2, 0.25) is 0 Å².